The average Bonchev–Trinajstić information content (AvgIpc) is 2.97. The SMILES string of the molecule is CC(=O)Nc1cc(NC(=O)N2CCN3CCCC3C2)ccc1F. The average molecular weight is 320 g/mol. The topological polar surface area (TPSA) is 64.7 Å². The Hall–Kier alpha value is -2.15. The van der Waals surface area contributed by atoms with Gasteiger partial charge in [-0.1, -0.05) is 0 Å². The van der Waals surface area contributed by atoms with Crippen molar-refractivity contribution < 1.29 is 14.0 Å². The monoisotopic (exact) mass is 320 g/mol. The highest BCUT2D eigenvalue weighted by Crippen LogP contribution is 2.23. The molecule has 1 atom stereocenters. The van der Waals surface area contributed by atoms with Crippen LogP contribution >= 0.6 is 0 Å². The number of carbonyl (C=O) groups excluding carboxylic acids is 2. The van der Waals surface area contributed by atoms with Crippen molar-refractivity contribution in [2.75, 3.05) is 36.8 Å². The van der Waals surface area contributed by atoms with Crippen molar-refractivity contribution in [3.05, 3.63) is 24.0 Å². The van der Waals surface area contributed by atoms with E-state index in [1.807, 2.05) is 0 Å². The molecule has 2 fully saturated rings. The maximum absolute atomic E-state index is 13.6. The molecule has 0 radical (unpaired) electrons. The van der Waals surface area contributed by atoms with Gasteiger partial charge >= 0.3 is 6.03 Å². The summed E-state index contributed by atoms with van der Waals surface area (Å²) in [5.74, 6) is -0.887. The van der Waals surface area contributed by atoms with Crippen molar-refractivity contribution in [3.8, 4) is 0 Å². The third-order valence-electron chi connectivity index (χ3n) is 4.40. The Morgan fingerprint density at radius 3 is 2.83 bits per heavy atom. The lowest BCUT2D eigenvalue weighted by molar-refractivity contribution is -0.114. The largest absolute Gasteiger partial charge is 0.324 e. The van der Waals surface area contributed by atoms with E-state index in [2.05, 4.69) is 15.5 Å². The normalized spacial score (nSPS) is 21.0. The minimum Gasteiger partial charge on any atom is -0.324 e. The van der Waals surface area contributed by atoms with Gasteiger partial charge in [0.25, 0.3) is 0 Å². The van der Waals surface area contributed by atoms with Crippen LogP contribution < -0.4 is 10.6 Å². The fraction of sp³-hybridized carbons (Fsp3) is 0.500. The number of rotatable bonds is 2. The van der Waals surface area contributed by atoms with Gasteiger partial charge in [0.1, 0.15) is 5.82 Å². The molecule has 124 valence electrons. The van der Waals surface area contributed by atoms with E-state index in [1.165, 1.54) is 31.5 Å². The summed E-state index contributed by atoms with van der Waals surface area (Å²) in [5.41, 5.74) is 0.532. The van der Waals surface area contributed by atoms with Gasteiger partial charge in [-0.15, -0.1) is 0 Å². The molecule has 7 heteroatoms. The highest BCUT2D eigenvalue weighted by atomic mass is 19.1. The van der Waals surface area contributed by atoms with Crippen LogP contribution in [0.25, 0.3) is 0 Å². The van der Waals surface area contributed by atoms with Crippen molar-refractivity contribution >= 4 is 23.3 Å². The second-order valence-corrected chi connectivity index (χ2v) is 6.08. The molecule has 0 aliphatic carbocycles. The Morgan fingerprint density at radius 2 is 2.04 bits per heavy atom. The molecule has 2 saturated heterocycles. The van der Waals surface area contributed by atoms with Gasteiger partial charge in [-0.2, -0.15) is 0 Å². The van der Waals surface area contributed by atoms with Crippen LogP contribution in [0.1, 0.15) is 19.8 Å². The Morgan fingerprint density at radius 1 is 1.22 bits per heavy atom. The Balaban J connectivity index is 1.64. The lowest BCUT2D eigenvalue weighted by Gasteiger charge is -2.37. The minimum absolute atomic E-state index is 0.0657. The van der Waals surface area contributed by atoms with E-state index in [1.54, 1.807) is 4.90 Å². The smallest absolute Gasteiger partial charge is 0.321 e. The van der Waals surface area contributed by atoms with Gasteiger partial charge in [-0.3, -0.25) is 9.69 Å². The summed E-state index contributed by atoms with van der Waals surface area (Å²) in [5, 5.41) is 5.19. The number of nitrogens with one attached hydrogen (secondary N) is 2. The third kappa shape index (κ3) is 3.61. The quantitative estimate of drug-likeness (QED) is 0.877. The highest BCUT2D eigenvalue weighted by molar-refractivity contribution is 5.92. The van der Waals surface area contributed by atoms with Crippen LogP contribution in [0.15, 0.2) is 18.2 Å². The van der Waals surface area contributed by atoms with Crippen molar-refractivity contribution in [3.63, 3.8) is 0 Å². The van der Waals surface area contributed by atoms with E-state index in [0.717, 1.165) is 26.1 Å². The van der Waals surface area contributed by atoms with Gasteiger partial charge in [-0.25, -0.2) is 9.18 Å². The summed E-state index contributed by atoms with van der Waals surface area (Å²) >= 11 is 0. The van der Waals surface area contributed by atoms with E-state index in [-0.39, 0.29) is 17.6 Å². The first-order valence-electron chi connectivity index (χ1n) is 7.90. The lowest BCUT2D eigenvalue weighted by Crippen LogP contribution is -2.53. The molecule has 1 unspecified atom stereocenters. The molecule has 0 aromatic heterocycles. The first-order valence-corrected chi connectivity index (χ1v) is 7.90. The van der Waals surface area contributed by atoms with E-state index in [0.29, 0.717) is 18.3 Å². The molecule has 0 bridgehead atoms. The molecule has 3 rings (SSSR count). The number of amides is 3. The van der Waals surface area contributed by atoms with Gasteiger partial charge in [0, 0.05) is 38.3 Å². The molecule has 0 saturated carbocycles. The zero-order valence-corrected chi connectivity index (χ0v) is 13.1. The van der Waals surface area contributed by atoms with Crippen LogP contribution in [0.5, 0.6) is 0 Å². The second-order valence-electron chi connectivity index (χ2n) is 6.08. The van der Waals surface area contributed by atoms with Gasteiger partial charge in [0.15, 0.2) is 0 Å². The molecular formula is C16H21FN4O2. The zero-order chi connectivity index (χ0) is 16.4. The van der Waals surface area contributed by atoms with Gasteiger partial charge < -0.3 is 15.5 Å². The first-order chi connectivity index (χ1) is 11.0. The number of hydrogen-bond donors (Lipinski definition) is 2. The van der Waals surface area contributed by atoms with Crippen LogP contribution in [0.3, 0.4) is 0 Å². The maximum atomic E-state index is 13.6. The molecule has 1 aromatic carbocycles. The molecule has 3 amide bonds. The second kappa shape index (κ2) is 6.54. The number of carbonyl (C=O) groups is 2. The van der Waals surface area contributed by atoms with Gasteiger partial charge in [-0.05, 0) is 37.6 Å². The molecule has 2 aliphatic heterocycles. The van der Waals surface area contributed by atoms with Crippen molar-refractivity contribution in [1.82, 2.24) is 9.80 Å². The summed E-state index contributed by atoms with van der Waals surface area (Å²) in [4.78, 5) is 27.7. The lowest BCUT2D eigenvalue weighted by atomic mass is 10.1. The standard InChI is InChI=1S/C16H21FN4O2/c1-11(22)18-15-9-12(4-5-14(15)17)19-16(23)21-8-7-20-6-2-3-13(20)10-21/h4-5,9,13H,2-3,6-8,10H2,1H3,(H,18,22)(H,19,23). The number of anilines is 2. The molecular weight excluding hydrogens is 299 g/mol. The zero-order valence-electron chi connectivity index (χ0n) is 13.1. The molecule has 2 N–H and O–H groups in total. The molecule has 23 heavy (non-hydrogen) atoms. The Bertz CT molecular complexity index is 622. The van der Waals surface area contributed by atoms with Gasteiger partial charge in [0.05, 0.1) is 5.69 Å². The third-order valence-corrected chi connectivity index (χ3v) is 4.40. The Kier molecular flexibility index (Phi) is 4.47. The summed E-state index contributed by atoms with van der Waals surface area (Å²) in [6.45, 7) is 4.76. The maximum Gasteiger partial charge on any atom is 0.321 e. The number of hydrogen-bond acceptors (Lipinski definition) is 3. The van der Waals surface area contributed by atoms with E-state index >= 15 is 0 Å². The molecule has 0 spiro atoms. The van der Waals surface area contributed by atoms with E-state index < -0.39 is 5.82 Å². The van der Waals surface area contributed by atoms with Crippen LogP contribution in [-0.2, 0) is 4.79 Å². The van der Waals surface area contributed by atoms with Gasteiger partial charge in [0.2, 0.25) is 5.91 Å². The summed E-state index contributed by atoms with van der Waals surface area (Å²) in [6.07, 6.45) is 2.32. The van der Waals surface area contributed by atoms with Crippen LogP contribution in [0.2, 0.25) is 0 Å². The minimum atomic E-state index is -0.530. The molecule has 2 heterocycles. The number of urea groups is 1. The van der Waals surface area contributed by atoms with E-state index in [4.69, 9.17) is 0 Å². The highest BCUT2D eigenvalue weighted by Gasteiger charge is 2.32. The van der Waals surface area contributed by atoms with Crippen molar-refractivity contribution in [1.29, 1.82) is 0 Å². The first kappa shape index (κ1) is 15.7. The summed E-state index contributed by atoms with van der Waals surface area (Å²) in [7, 11) is 0. The molecule has 1 aromatic rings. The van der Waals surface area contributed by atoms with Crippen LogP contribution in [0.4, 0.5) is 20.6 Å². The number of halogens is 1. The predicted molar refractivity (Wildman–Crippen MR) is 85.9 cm³/mol. The number of benzene rings is 1. The van der Waals surface area contributed by atoms with E-state index in [9.17, 15) is 14.0 Å². The van der Waals surface area contributed by atoms with Crippen molar-refractivity contribution in [2.24, 2.45) is 0 Å². The molecule has 6 nitrogen and oxygen atoms in total. The van der Waals surface area contributed by atoms with Crippen LogP contribution in [-0.4, -0.2) is 54.0 Å². The molecule has 2 aliphatic rings. The van der Waals surface area contributed by atoms with Crippen molar-refractivity contribution in [2.45, 2.75) is 25.8 Å². The number of piperazine rings is 1. The fourth-order valence-corrected chi connectivity index (χ4v) is 3.27. The summed E-state index contributed by atoms with van der Waals surface area (Å²) < 4.78 is 13.6. The number of fused-ring (bicyclic) bond motifs is 1. The van der Waals surface area contributed by atoms with Crippen LogP contribution in [0, 0.1) is 5.82 Å². The predicted octanol–water partition coefficient (Wildman–Crippen LogP) is 2.10. The Labute approximate surface area is 134 Å². The fourth-order valence-electron chi connectivity index (χ4n) is 3.27. The number of nitrogens with zero attached hydrogens (tertiary/aromatic N) is 2. The summed E-state index contributed by atoms with van der Waals surface area (Å²) in [6, 6.07) is 4.43.